The normalized spacial score (nSPS) is 14.1. The Morgan fingerprint density at radius 1 is 1.11 bits per heavy atom. The Labute approximate surface area is 168 Å². The molecule has 1 amide bonds. The molecule has 1 aromatic heterocycles. The number of benzene rings is 2. The molecular weight excluding hydrogens is 373 g/mol. The van der Waals surface area contributed by atoms with E-state index in [1.165, 1.54) is 31.4 Å². The molecule has 0 radical (unpaired) electrons. The van der Waals surface area contributed by atoms with Crippen molar-refractivity contribution in [2.45, 2.75) is 25.7 Å². The first kappa shape index (κ1) is 18.6. The molecule has 6 heteroatoms. The van der Waals surface area contributed by atoms with Crippen LogP contribution in [0.1, 0.15) is 24.8 Å². The van der Waals surface area contributed by atoms with Gasteiger partial charge in [0, 0.05) is 29.7 Å². The molecule has 144 valence electrons. The second-order valence-electron chi connectivity index (χ2n) is 7.00. The summed E-state index contributed by atoms with van der Waals surface area (Å²) >= 11 is 1.67. The fraction of sp³-hybridized carbons (Fsp3) is 0.273. The first-order chi connectivity index (χ1) is 13.7. The van der Waals surface area contributed by atoms with E-state index >= 15 is 0 Å². The first-order valence-electron chi connectivity index (χ1n) is 9.52. The van der Waals surface area contributed by atoms with Crippen LogP contribution in [0, 0.1) is 5.82 Å². The van der Waals surface area contributed by atoms with Gasteiger partial charge in [-0.1, -0.05) is 24.3 Å². The predicted molar refractivity (Wildman–Crippen MR) is 112 cm³/mol. The summed E-state index contributed by atoms with van der Waals surface area (Å²) in [7, 11) is 0. The number of rotatable bonds is 5. The molecule has 3 aromatic rings. The summed E-state index contributed by atoms with van der Waals surface area (Å²) in [5.41, 5.74) is 3.43. The fourth-order valence-corrected chi connectivity index (χ4v) is 4.26. The number of nitrogens with zero attached hydrogens (tertiary/aromatic N) is 2. The average molecular weight is 396 g/mol. The Kier molecular flexibility index (Phi) is 5.67. The SMILES string of the molecule is O=C(Cc1ccc(F)cc1)Nc1cccc(-c2csc(N3CCCCC3)n2)c1. The molecule has 28 heavy (non-hydrogen) atoms. The third-order valence-corrected chi connectivity index (χ3v) is 5.74. The molecule has 1 aliphatic heterocycles. The Morgan fingerprint density at radius 3 is 2.68 bits per heavy atom. The summed E-state index contributed by atoms with van der Waals surface area (Å²) in [5.74, 6) is -0.430. The predicted octanol–water partition coefficient (Wildman–Crippen LogP) is 5.12. The molecule has 0 saturated carbocycles. The third kappa shape index (κ3) is 4.57. The Balaban J connectivity index is 1.43. The highest BCUT2D eigenvalue weighted by atomic mass is 32.1. The molecule has 1 N–H and O–H groups in total. The van der Waals surface area contributed by atoms with E-state index < -0.39 is 0 Å². The number of hydrogen-bond donors (Lipinski definition) is 1. The van der Waals surface area contributed by atoms with Crippen molar-refractivity contribution in [3.05, 3.63) is 65.3 Å². The maximum absolute atomic E-state index is 13.0. The fourth-order valence-electron chi connectivity index (χ4n) is 3.38. The van der Waals surface area contributed by atoms with Gasteiger partial charge in [0.05, 0.1) is 12.1 Å². The molecule has 4 rings (SSSR count). The van der Waals surface area contributed by atoms with E-state index in [1.807, 2.05) is 24.3 Å². The van der Waals surface area contributed by atoms with E-state index in [-0.39, 0.29) is 18.1 Å². The van der Waals surface area contributed by atoms with Gasteiger partial charge in [-0.3, -0.25) is 4.79 Å². The lowest BCUT2D eigenvalue weighted by atomic mass is 10.1. The lowest BCUT2D eigenvalue weighted by molar-refractivity contribution is -0.115. The van der Waals surface area contributed by atoms with E-state index in [0.717, 1.165) is 40.7 Å². The maximum atomic E-state index is 13.0. The third-order valence-electron chi connectivity index (χ3n) is 4.84. The van der Waals surface area contributed by atoms with Crippen molar-refractivity contribution in [1.29, 1.82) is 0 Å². The highest BCUT2D eigenvalue weighted by Crippen LogP contribution is 2.30. The number of anilines is 2. The summed E-state index contributed by atoms with van der Waals surface area (Å²) in [6.07, 6.45) is 3.96. The average Bonchev–Trinajstić information content (AvgIpc) is 3.21. The van der Waals surface area contributed by atoms with Gasteiger partial charge in [0.2, 0.25) is 5.91 Å². The van der Waals surface area contributed by atoms with Crippen LogP contribution in [0.15, 0.2) is 53.9 Å². The molecule has 1 fully saturated rings. The van der Waals surface area contributed by atoms with E-state index in [4.69, 9.17) is 4.98 Å². The van der Waals surface area contributed by atoms with Crippen LogP contribution in [-0.2, 0) is 11.2 Å². The molecule has 0 atom stereocenters. The number of aromatic nitrogens is 1. The lowest BCUT2D eigenvalue weighted by Gasteiger charge is -2.25. The topological polar surface area (TPSA) is 45.2 Å². The van der Waals surface area contributed by atoms with Gasteiger partial charge in [-0.2, -0.15) is 0 Å². The van der Waals surface area contributed by atoms with Gasteiger partial charge in [-0.25, -0.2) is 9.37 Å². The number of nitrogens with one attached hydrogen (secondary N) is 1. The van der Waals surface area contributed by atoms with Crippen molar-refractivity contribution in [1.82, 2.24) is 4.98 Å². The van der Waals surface area contributed by atoms with Gasteiger partial charge < -0.3 is 10.2 Å². The number of thiazole rings is 1. The van der Waals surface area contributed by atoms with Gasteiger partial charge in [0.15, 0.2) is 5.13 Å². The Morgan fingerprint density at radius 2 is 1.89 bits per heavy atom. The van der Waals surface area contributed by atoms with E-state index in [9.17, 15) is 9.18 Å². The van der Waals surface area contributed by atoms with Gasteiger partial charge in [-0.15, -0.1) is 11.3 Å². The minimum atomic E-state index is -0.302. The molecule has 4 nitrogen and oxygen atoms in total. The largest absolute Gasteiger partial charge is 0.348 e. The monoisotopic (exact) mass is 395 g/mol. The van der Waals surface area contributed by atoms with E-state index in [2.05, 4.69) is 15.6 Å². The smallest absolute Gasteiger partial charge is 0.228 e. The maximum Gasteiger partial charge on any atom is 0.228 e. The van der Waals surface area contributed by atoms with Gasteiger partial charge in [-0.05, 0) is 49.1 Å². The van der Waals surface area contributed by atoms with Crippen molar-refractivity contribution in [3.8, 4) is 11.3 Å². The lowest BCUT2D eigenvalue weighted by Crippen LogP contribution is -2.29. The first-order valence-corrected chi connectivity index (χ1v) is 10.4. The minimum Gasteiger partial charge on any atom is -0.348 e. The van der Waals surface area contributed by atoms with E-state index in [1.54, 1.807) is 23.5 Å². The molecule has 1 saturated heterocycles. The molecular formula is C22H22FN3OS. The number of halogens is 1. The van der Waals surface area contributed by atoms with Crippen LogP contribution in [0.4, 0.5) is 15.2 Å². The zero-order valence-corrected chi connectivity index (χ0v) is 16.3. The van der Waals surface area contributed by atoms with Crippen LogP contribution in [0.5, 0.6) is 0 Å². The van der Waals surface area contributed by atoms with Crippen LogP contribution < -0.4 is 10.2 Å². The van der Waals surface area contributed by atoms with Crippen LogP contribution in [0.25, 0.3) is 11.3 Å². The van der Waals surface area contributed by atoms with Crippen LogP contribution in [0.3, 0.4) is 0 Å². The van der Waals surface area contributed by atoms with Crippen LogP contribution >= 0.6 is 11.3 Å². The molecule has 0 bridgehead atoms. The van der Waals surface area contributed by atoms with Crippen molar-refractivity contribution < 1.29 is 9.18 Å². The molecule has 1 aliphatic rings. The molecule has 2 heterocycles. The summed E-state index contributed by atoms with van der Waals surface area (Å²) in [5, 5.41) is 6.06. The van der Waals surface area contributed by atoms with Crippen LogP contribution in [-0.4, -0.2) is 24.0 Å². The minimum absolute atomic E-state index is 0.129. The highest BCUT2D eigenvalue weighted by molar-refractivity contribution is 7.14. The quantitative estimate of drug-likeness (QED) is 0.652. The van der Waals surface area contributed by atoms with Gasteiger partial charge in [0.1, 0.15) is 5.82 Å². The molecule has 0 aliphatic carbocycles. The number of piperidine rings is 1. The Bertz CT molecular complexity index is 948. The Hall–Kier alpha value is -2.73. The highest BCUT2D eigenvalue weighted by Gasteiger charge is 2.15. The van der Waals surface area contributed by atoms with Crippen molar-refractivity contribution in [3.63, 3.8) is 0 Å². The number of carbonyl (C=O) groups is 1. The second kappa shape index (κ2) is 8.52. The standard InChI is InChI=1S/C22H22FN3OS/c23-18-9-7-16(8-10-18)13-21(27)24-19-6-4-5-17(14-19)20-15-28-22(25-20)26-11-2-1-3-12-26/h4-10,14-15H,1-3,11-13H2,(H,24,27). The van der Waals surface area contributed by atoms with Crippen molar-refractivity contribution in [2.24, 2.45) is 0 Å². The zero-order valence-electron chi connectivity index (χ0n) is 15.5. The number of amides is 1. The van der Waals surface area contributed by atoms with Crippen molar-refractivity contribution in [2.75, 3.05) is 23.3 Å². The molecule has 0 spiro atoms. The second-order valence-corrected chi connectivity index (χ2v) is 7.83. The van der Waals surface area contributed by atoms with Crippen molar-refractivity contribution >= 4 is 28.1 Å². The van der Waals surface area contributed by atoms with Gasteiger partial charge in [0.25, 0.3) is 0 Å². The summed E-state index contributed by atoms with van der Waals surface area (Å²) in [4.78, 5) is 19.4. The van der Waals surface area contributed by atoms with Crippen LogP contribution in [0.2, 0.25) is 0 Å². The molecule has 0 unspecified atom stereocenters. The number of carbonyl (C=O) groups excluding carboxylic acids is 1. The zero-order chi connectivity index (χ0) is 19.3. The van der Waals surface area contributed by atoms with E-state index in [0.29, 0.717) is 0 Å². The number of hydrogen-bond acceptors (Lipinski definition) is 4. The summed E-state index contributed by atoms with van der Waals surface area (Å²) < 4.78 is 13.0. The summed E-state index contributed by atoms with van der Waals surface area (Å²) in [6.45, 7) is 2.15. The summed E-state index contributed by atoms with van der Waals surface area (Å²) in [6, 6.07) is 13.7. The van der Waals surface area contributed by atoms with Gasteiger partial charge >= 0.3 is 0 Å². The molecule has 2 aromatic carbocycles.